The van der Waals surface area contributed by atoms with Crippen LogP contribution in [0, 0.1) is 11.8 Å². The standard InChI is InChI=1S/C64H124O17P2/c1-7-10-12-14-16-18-20-22-27-34-40-46-61(66)74-52-59(81-64(69)49-43-37-29-25-24-26-32-38-44-56(4)5)54-78-82(70,71)76-50-58(65)51-77-83(72,73)79-55-60(53-75-62(67)47-41-35-31-30-33-39-45-57(6)9-3)80-63(68)48-42-36-28-23-21-19-17-15-13-11-8-2/h56-60,65H,7-55H2,1-6H3,(H,70,71)(H,72,73)/t57?,58-,59-,60-/m1/s1. The van der Waals surface area contributed by atoms with Gasteiger partial charge < -0.3 is 33.8 Å². The predicted molar refractivity (Wildman–Crippen MR) is 331 cm³/mol. The van der Waals surface area contributed by atoms with Crippen LogP contribution in [0.3, 0.4) is 0 Å². The molecule has 0 aliphatic carbocycles. The summed E-state index contributed by atoms with van der Waals surface area (Å²) in [5.74, 6) is -0.685. The van der Waals surface area contributed by atoms with Gasteiger partial charge in [-0.25, -0.2) is 9.13 Å². The monoisotopic (exact) mass is 1230 g/mol. The molecule has 6 atom stereocenters. The summed E-state index contributed by atoms with van der Waals surface area (Å²) in [5.41, 5.74) is 0. The molecule has 0 fully saturated rings. The summed E-state index contributed by atoms with van der Waals surface area (Å²) in [4.78, 5) is 72.2. The van der Waals surface area contributed by atoms with Crippen LogP contribution in [-0.4, -0.2) is 96.7 Å². The Morgan fingerprint density at radius 1 is 0.349 bits per heavy atom. The molecule has 0 aliphatic heterocycles. The Labute approximate surface area is 505 Å². The molecule has 83 heavy (non-hydrogen) atoms. The third-order valence-electron chi connectivity index (χ3n) is 15.1. The molecule has 17 nitrogen and oxygen atoms in total. The zero-order chi connectivity index (χ0) is 61.5. The molecule has 0 aromatic heterocycles. The van der Waals surface area contributed by atoms with Gasteiger partial charge in [-0.05, 0) is 37.5 Å². The van der Waals surface area contributed by atoms with E-state index in [1.807, 2.05) is 0 Å². The summed E-state index contributed by atoms with van der Waals surface area (Å²) in [7, 11) is -9.89. The number of carbonyl (C=O) groups excluding carboxylic acids is 4. The molecule has 0 bridgehead atoms. The van der Waals surface area contributed by atoms with Crippen LogP contribution in [0.5, 0.6) is 0 Å². The van der Waals surface area contributed by atoms with Crippen LogP contribution < -0.4 is 0 Å². The Morgan fingerprint density at radius 3 is 0.916 bits per heavy atom. The highest BCUT2D eigenvalue weighted by Gasteiger charge is 2.30. The number of hydrogen-bond donors (Lipinski definition) is 3. The second-order valence-corrected chi connectivity index (χ2v) is 26.8. The highest BCUT2D eigenvalue weighted by Crippen LogP contribution is 2.45. The molecule has 19 heteroatoms. The van der Waals surface area contributed by atoms with Crippen molar-refractivity contribution in [2.75, 3.05) is 39.6 Å². The highest BCUT2D eigenvalue weighted by atomic mass is 31.2. The van der Waals surface area contributed by atoms with Crippen LogP contribution in [0.1, 0.15) is 318 Å². The van der Waals surface area contributed by atoms with E-state index in [2.05, 4.69) is 41.5 Å². The SMILES string of the molecule is CCCCCCCCCCCCCC(=O)OC[C@H](COP(=O)(O)OC[C@@H](O)COP(=O)(O)OC[C@@H](COC(=O)CCCCCCCCC(C)CC)OC(=O)CCCCCCCCCCCCC)OC(=O)CCCCCCCCCCC(C)C. The largest absolute Gasteiger partial charge is 0.472 e. The Balaban J connectivity index is 5.25. The van der Waals surface area contributed by atoms with Gasteiger partial charge in [0.15, 0.2) is 12.2 Å². The molecule has 0 aliphatic rings. The van der Waals surface area contributed by atoms with Gasteiger partial charge in [-0.2, -0.15) is 0 Å². The Kier molecular flexibility index (Phi) is 55.2. The van der Waals surface area contributed by atoms with Crippen LogP contribution in [0.25, 0.3) is 0 Å². The maximum atomic E-state index is 13.0. The van der Waals surface area contributed by atoms with Crippen molar-refractivity contribution >= 4 is 39.5 Å². The quantitative estimate of drug-likeness (QED) is 0.0222. The van der Waals surface area contributed by atoms with E-state index in [0.717, 1.165) is 108 Å². The number of phosphoric acid groups is 2. The smallest absolute Gasteiger partial charge is 0.462 e. The van der Waals surface area contributed by atoms with Crippen molar-refractivity contribution < 1.29 is 80.2 Å². The Morgan fingerprint density at radius 2 is 0.614 bits per heavy atom. The normalized spacial score (nSPS) is 14.6. The first kappa shape index (κ1) is 81.1. The first-order valence-corrected chi connectivity index (χ1v) is 36.5. The molecule has 0 aromatic rings. The van der Waals surface area contributed by atoms with Gasteiger partial charge in [0.25, 0.3) is 0 Å². The number of aliphatic hydroxyl groups is 1. The molecule has 0 saturated carbocycles. The van der Waals surface area contributed by atoms with Gasteiger partial charge in [0.1, 0.15) is 19.3 Å². The number of rotatable bonds is 63. The number of esters is 4. The van der Waals surface area contributed by atoms with E-state index < -0.39 is 97.5 Å². The summed E-state index contributed by atoms with van der Waals surface area (Å²) in [6.07, 6.45) is 38.9. The molecule has 0 heterocycles. The topological polar surface area (TPSA) is 237 Å². The minimum absolute atomic E-state index is 0.104. The van der Waals surface area contributed by atoms with E-state index in [1.54, 1.807) is 0 Å². The number of hydrogen-bond acceptors (Lipinski definition) is 15. The lowest BCUT2D eigenvalue weighted by atomic mass is 10.00. The second kappa shape index (κ2) is 56.6. The van der Waals surface area contributed by atoms with E-state index in [0.29, 0.717) is 25.7 Å². The van der Waals surface area contributed by atoms with Crippen molar-refractivity contribution in [1.82, 2.24) is 0 Å². The van der Waals surface area contributed by atoms with Crippen LogP contribution in [-0.2, 0) is 65.4 Å². The van der Waals surface area contributed by atoms with Crippen molar-refractivity contribution in [2.24, 2.45) is 11.8 Å². The van der Waals surface area contributed by atoms with Gasteiger partial charge >= 0.3 is 39.5 Å². The average molecular weight is 1230 g/mol. The van der Waals surface area contributed by atoms with Crippen LogP contribution in [0.15, 0.2) is 0 Å². The Hall–Kier alpha value is -1.94. The zero-order valence-electron chi connectivity index (χ0n) is 53.5. The first-order chi connectivity index (χ1) is 39.9. The molecule has 0 spiro atoms. The summed E-state index contributed by atoms with van der Waals surface area (Å²) >= 11 is 0. The van der Waals surface area contributed by atoms with E-state index in [4.69, 9.17) is 37.0 Å². The highest BCUT2D eigenvalue weighted by molar-refractivity contribution is 7.47. The van der Waals surface area contributed by atoms with Gasteiger partial charge in [-0.3, -0.25) is 37.3 Å². The fourth-order valence-corrected chi connectivity index (χ4v) is 11.1. The third-order valence-corrected chi connectivity index (χ3v) is 17.0. The van der Waals surface area contributed by atoms with Crippen LogP contribution in [0.2, 0.25) is 0 Å². The molecule has 0 rings (SSSR count). The number of ether oxygens (including phenoxy) is 4. The van der Waals surface area contributed by atoms with Gasteiger partial charge in [-0.15, -0.1) is 0 Å². The maximum Gasteiger partial charge on any atom is 0.472 e. The average Bonchev–Trinajstić information content (AvgIpc) is 3.46. The fourth-order valence-electron chi connectivity index (χ4n) is 9.50. The summed E-state index contributed by atoms with van der Waals surface area (Å²) in [6.45, 7) is 9.41. The lowest BCUT2D eigenvalue weighted by molar-refractivity contribution is -0.161. The molecule has 0 saturated heterocycles. The predicted octanol–water partition coefficient (Wildman–Crippen LogP) is 17.7. The van der Waals surface area contributed by atoms with E-state index in [1.165, 1.54) is 128 Å². The summed E-state index contributed by atoms with van der Waals surface area (Å²) in [6, 6.07) is 0. The van der Waals surface area contributed by atoms with Gasteiger partial charge in [0.05, 0.1) is 26.4 Å². The molecule has 3 N–H and O–H groups in total. The lowest BCUT2D eigenvalue weighted by Gasteiger charge is -2.21. The number of phosphoric ester groups is 2. The van der Waals surface area contributed by atoms with E-state index in [9.17, 15) is 43.2 Å². The molecule has 3 unspecified atom stereocenters. The van der Waals surface area contributed by atoms with Gasteiger partial charge in [0, 0.05) is 25.7 Å². The molecular weight excluding hydrogens is 1100 g/mol. The zero-order valence-corrected chi connectivity index (χ0v) is 55.3. The van der Waals surface area contributed by atoms with Crippen molar-refractivity contribution in [3.05, 3.63) is 0 Å². The van der Waals surface area contributed by atoms with Gasteiger partial charge in [-0.1, -0.05) is 266 Å². The molecule has 0 radical (unpaired) electrons. The minimum Gasteiger partial charge on any atom is -0.462 e. The van der Waals surface area contributed by atoms with Crippen molar-refractivity contribution in [1.29, 1.82) is 0 Å². The van der Waals surface area contributed by atoms with Gasteiger partial charge in [0.2, 0.25) is 0 Å². The van der Waals surface area contributed by atoms with Crippen LogP contribution >= 0.6 is 15.6 Å². The van der Waals surface area contributed by atoms with Crippen molar-refractivity contribution in [3.63, 3.8) is 0 Å². The Bertz CT molecular complexity index is 1630. The molecular formula is C64H124O17P2. The number of carbonyl (C=O) groups is 4. The van der Waals surface area contributed by atoms with Crippen molar-refractivity contribution in [3.8, 4) is 0 Å². The van der Waals surface area contributed by atoms with Crippen molar-refractivity contribution in [2.45, 2.75) is 336 Å². The number of unbranched alkanes of at least 4 members (excludes halogenated alkanes) is 32. The van der Waals surface area contributed by atoms with Crippen LogP contribution in [0.4, 0.5) is 0 Å². The maximum absolute atomic E-state index is 13.0. The fraction of sp³-hybridized carbons (Fsp3) is 0.938. The van der Waals surface area contributed by atoms with E-state index >= 15 is 0 Å². The molecule has 0 aromatic carbocycles. The molecule has 492 valence electrons. The summed E-state index contributed by atoms with van der Waals surface area (Å²) in [5, 5.41) is 10.5. The minimum atomic E-state index is -4.94. The third kappa shape index (κ3) is 57.6. The first-order valence-electron chi connectivity index (χ1n) is 33.5. The number of aliphatic hydroxyl groups excluding tert-OH is 1. The van der Waals surface area contributed by atoms with E-state index in [-0.39, 0.29) is 25.7 Å². The second-order valence-electron chi connectivity index (χ2n) is 23.9. The lowest BCUT2D eigenvalue weighted by Crippen LogP contribution is -2.30. The summed E-state index contributed by atoms with van der Waals surface area (Å²) < 4.78 is 68.0. The molecule has 0 amide bonds.